The van der Waals surface area contributed by atoms with Crippen LogP contribution >= 0.6 is 0 Å². The molecule has 23 heavy (non-hydrogen) atoms. The molecule has 0 saturated heterocycles. The summed E-state index contributed by atoms with van der Waals surface area (Å²) in [5, 5.41) is 12.2. The maximum Gasteiger partial charge on any atom is 0.335 e. The van der Waals surface area contributed by atoms with E-state index in [-0.39, 0.29) is 11.0 Å². The lowest BCUT2D eigenvalue weighted by Crippen LogP contribution is -2.12. The Labute approximate surface area is 136 Å². The lowest BCUT2D eigenvalue weighted by Gasteiger charge is -2.21. The Morgan fingerprint density at radius 3 is 2.13 bits per heavy atom. The fourth-order valence-corrected chi connectivity index (χ4v) is 2.55. The van der Waals surface area contributed by atoms with Gasteiger partial charge in [0.05, 0.1) is 5.56 Å². The predicted molar refractivity (Wildman–Crippen MR) is 90.9 cm³/mol. The molecule has 2 aromatic carbocycles. The zero-order valence-corrected chi connectivity index (χ0v) is 13.8. The Balaban J connectivity index is 2.41. The van der Waals surface area contributed by atoms with E-state index in [0.717, 1.165) is 11.1 Å². The Hall–Kier alpha value is -2.49. The van der Waals surface area contributed by atoms with Gasteiger partial charge in [-0.05, 0) is 46.7 Å². The molecular formula is C19H21NO3. The zero-order chi connectivity index (χ0) is 17.2. The third-order valence-corrected chi connectivity index (χ3v) is 4.01. The van der Waals surface area contributed by atoms with Crippen molar-refractivity contribution in [3.8, 4) is 0 Å². The van der Waals surface area contributed by atoms with E-state index >= 15 is 0 Å². The molecule has 0 amide bonds. The zero-order valence-electron chi connectivity index (χ0n) is 13.8. The molecule has 2 rings (SSSR count). The number of aromatic carboxylic acids is 1. The molecule has 0 aliphatic rings. The number of hydrogen-bond donors (Lipinski definition) is 1. The Morgan fingerprint density at radius 2 is 1.70 bits per heavy atom. The fourth-order valence-electron chi connectivity index (χ4n) is 2.55. The van der Waals surface area contributed by atoms with Gasteiger partial charge in [0.25, 0.3) is 0 Å². The molecule has 0 aliphatic heterocycles. The second kappa shape index (κ2) is 6.32. The Morgan fingerprint density at radius 1 is 1.09 bits per heavy atom. The van der Waals surface area contributed by atoms with E-state index in [0.29, 0.717) is 5.56 Å². The summed E-state index contributed by atoms with van der Waals surface area (Å²) in [6, 6.07) is 11.7. The van der Waals surface area contributed by atoms with Crippen molar-refractivity contribution in [1.29, 1.82) is 0 Å². The van der Waals surface area contributed by atoms with Gasteiger partial charge in [0, 0.05) is 0 Å². The van der Waals surface area contributed by atoms with Gasteiger partial charge in [-0.15, -0.1) is 4.91 Å². The minimum Gasteiger partial charge on any atom is -0.478 e. The number of carbonyl (C=O) groups is 1. The summed E-state index contributed by atoms with van der Waals surface area (Å²) in [5.74, 6) is -0.988. The number of hydrogen-bond acceptors (Lipinski definition) is 3. The molecule has 0 bridgehead atoms. The molecule has 0 fully saturated rings. The Bertz CT molecular complexity index is 727. The lowest BCUT2D eigenvalue weighted by molar-refractivity contribution is 0.0697. The number of nitroso groups, excluding NO2 is 1. The van der Waals surface area contributed by atoms with E-state index in [2.05, 4.69) is 32.0 Å². The number of carboxylic acids is 1. The topological polar surface area (TPSA) is 66.7 Å². The second-order valence-electron chi connectivity index (χ2n) is 6.76. The number of benzene rings is 2. The van der Waals surface area contributed by atoms with Gasteiger partial charge in [0.1, 0.15) is 6.04 Å². The third kappa shape index (κ3) is 3.65. The highest BCUT2D eigenvalue weighted by Crippen LogP contribution is 2.32. The highest BCUT2D eigenvalue weighted by atomic mass is 16.4. The van der Waals surface area contributed by atoms with Crippen LogP contribution in [0.5, 0.6) is 0 Å². The molecule has 1 unspecified atom stereocenters. The van der Waals surface area contributed by atoms with Gasteiger partial charge in [-0.3, -0.25) is 0 Å². The average molecular weight is 311 g/mol. The van der Waals surface area contributed by atoms with Gasteiger partial charge in [0.15, 0.2) is 0 Å². The molecule has 0 radical (unpaired) electrons. The van der Waals surface area contributed by atoms with Gasteiger partial charge >= 0.3 is 5.97 Å². The van der Waals surface area contributed by atoms with Crippen molar-refractivity contribution < 1.29 is 9.90 Å². The van der Waals surface area contributed by atoms with E-state index in [9.17, 15) is 9.70 Å². The first-order chi connectivity index (χ1) is 10.7. The van der Waals surface area contributed by atoms with E-state index < -0.39 is 12.0 Å². The van der Waals surface area contributed by atoms with Crippen LogP contribution in [0, 0.1) is 11.8 Å². The van der Waals surface area contributed by atoms with E-state index in [4.69, 9.17) is 5.11 Å². The van der Waals surface area contributed by atoms with Gasteiger partial charge in [-0.1, -0.05) is 56.3 Å². The van der Waals surface area contributed by atoms with Crippen molar-refractivity contribution in [2.75, 3.05) is 0 Å². The maximum absolute atomic E-state index is 11.4. The van der Waals surface area contributed by atoms with Gasteiger partial charge < -0.3 is 5.11 Å². The third-order valence-electron chi connectivity index (χ3n) is 4.01. The van der Waals surface area contributed by atoms with Crippen LogP contribution in [0.4, 0.5) is 0 Å². The highest BCUT2D eigenvalue weighted by Gasteiger charge is 2.20. The molecule has 1 N–H and O–H groups in total. The average Bonchev–Trinajstić information content (AvgIpc) is 2.49. The number of nitrogens with zero attached hydrogens (tertiary/aromatic N) is 1. The van der Waals surface area contributed by atoms with Gasteiger partial charge in [-0.2, -0.15) is 0 Å². The second-order valence-corrected chi connectivity index (χ2v) is 6.76. The van der Waals surface area contributed by atoms with Crippen LogP contribution in [0.3, 0.4) is 0 Å². The summed E-state index contributed by atoms with van der Waals surface area (Å²) in [5.41, 5.74) is 3.97. The van der Waals surface area contributed by atoms with Gasteiger partial charge in [0.2, 0.25) is 0 Å². The maximum atomic E-state index is 11.4. The van der Waals surface area contributed by atoms with Crippen LogP contribution < -0.4 is 0 Å². The summed E-state index contributed by atoms with van der Waals surface area (Å²) in [7, 11) is 0. The standard InChI is InChI=1S/C19H21NO3/c1-12-11-15(19(2,3)4)9-10-16(12)17(20-23)13-5-7-14(8-6-13)18(21)22/h5-11,17H,1-4H3,(H,21,22). The van der Waals surface area contributed by atoms with E-state index in [1.165, 1.54) is 17.7 Å². The van der Waals surface area contributed by atoms with Crippen LogP contribution in [-0.2, 0) is 5.41 Å². The Kier molecular flexibility index (Phi) is 4.64. The molecule has 1 atom stereocenters. The van der Waals surface area contributed by atoms with Crippen LogP contribution in [0.1, 0.15) is 59.4 Å². The van der Waals surface area contributed by atoms with Crippen LogP contribution in [0.15, 0.2) is 47.6 Å². The minimum absolute atomic E-state index is 0.0382. The summed E-state index contributed by atoms with van der Waals surface area (Å²) in [6.45, 7) is 8.39. The smallest absolute Gasteiger partial charge is 0.335 e. The van der Waals surface area contributed by atoms with Gasteiger partial charge in [-0.25, -0.2) is 4.79 Å². The summed E-state index contributed by atoms with van der Waals surface area (Å²) in [4.78, 5) is 22.3. The van der Waals surface area contributed by atoms with E-state index in [1.54, 1.807) is 12.1 Å². The normalized spacial score (nSPS) is 12.7. The quantitative estimate of drug-likeness (QED) is 0.821. The number of aryl methyl sites for hydroxylation is 1. The first-order valence-electron chi connectivity index (χ1n) is 7.51. The highest BCUT2D eigenvalue weighted by molar-refractivity contribution is 5.87. The van der Waals surface area contributed by atoms with Crippen molar-refractivity contribution in [3.05, 3.63) is 75.2 Å². The van der Waals surface area contributed by atoms with Crippen molar-refractivity contribution in [1.82, 2.24) is 0 Å². The monoisotopic (exact) mass is 311 g/mol. The first-order valence-corrected chi connectivity index (χ1v) is 7.51. The fraction of sp³-hybridized carbons (Fsp3) is 0.316. The SMILES string of the molecule is Cc1cc(C(C)(C)C)ccc1C(N=O)c1ccc(C(=O)O)cc1. The molecule has 0 saturated carbocycles. The largest absolute Gasteiger partial charge is 0.478 e. The lowest BCUT2D eigenvalue weighted by atomic mass is 9.84. The first kappa shape index (κ1) is 16.9. The van der Waals surface area contributed by atoms with Crippen LogP contribution in [0.25, 0.3) is 0 Å². The van der Waals surface area contributed by atoms with Crippen molar-refractivity contribution in [2.45, 2.75) is 39.2 Å². The summed E-state index contributed by atoms with van der Waals surface area (Å²) < 4.78 is 0. The number of rotatable bonds is 4. The summed E-state index contributed by atoms with van der Waals surface area (Å²) in [6.07, 6.45) is 0. The molecule has 0 spiro atoms. The molecule has 0 aliphatic carbocycles. The molecule has 2 aromatic rings. The minimum atomic E-state index is -0.988. The van der Waals surface area contributed by atoms with Crippen LogP contribution in [0.2, 0.25) is 0 Å². The van der Waals surface area contributed by atoms with Crippen LogP contribution in [-0.4, -0.2) is 11.1 Å². The molecule has 4 heteroatoms. The molecular weight excluding hydrogens is 290 g/mol. The van der Waals surface area contributed by atoms with Crippen molar-refractivity contribution in [3.63, 3.8) is 0 Å². The van der Waals surface area contributed by atoms with Crippen molar-refractivity contribution in [2.24, 2.45) is 5.18 Å². The predicted octanol–water partition coefficient (Wildman–Crippen LogP) is 4.85. The molecule has 0 heterocycles. The summed E-state index contributed by atoms with van der Waals surface area (Å²) >= 11 is 0. The molecule has 4 nitrogen and oxygen atoms in total. The molecule has 0 aromatic heterocycles. The van der Waals surface area contributed by atoms with E-state index in [1.807, 2.05) is 19.1 Å². The number of carboxylic acid groups (broad SMARTS) is 1. The molecule has 120 valence electrons. The van der Waals surface area contributed by atoms with Crippen molar-refractivity contribution >= 4 is 5.97 Å².